The van der Waals surface area contributed by atoms with Crippen molar-refractivity contribution in [1.82, 2.24) is 0 Å². The fourth-order valence-electron chi connectivity index (χ4n) is 1.20. The molecule has 0 unspecified atom stereocenters. The molecular formula is C12H18O3S. The number of ether oxygens (including phenoxy) is 3. The number of rotatable bonds is 7. The van der Waals surface area contributed by atoms with Crippen LogP contribution >= 0.6 is 11.8 Å². The molecule has 0 heterocycles. The van der Waals surface area contributed by atoms with Crippen LogP contribution in [-0.2, 0) is 9.47 Å². The highest BCUT2D eigenvalue weighted by molar-refractivity contribution is 7.99. The summed E-state index contributed by atoms with van der Waals surface area (Å²) in [5, 5.41) is 0. The second-order valence-electron chi connectivity index (χ2n) is 3.12. The molecule has 0 N–H and O–H groups in total. The third-order valence-corrected chi connectivity index (χ3v) is 3.09. The van der Waals surface area contributed by atoms with Gasteiger partial charge in [-0.3, -0.25) is 0 Å². The number of hydrogen-bond acceptors (Lipinski definition) is 4. The Morgan fingerprint density at radius 3 is 2.25 bits per heavy atom. The van der Waals surface area contributed by atoms with E-state index in [1.807, 2.05) is 31.2 Å². The van der Waals surface area contributed by atoms with Gasteiger partial charge >= 0.3 is 0 Å². The van der Waals surface area contributed by atoms with Crippen molar-refractivity contribution in [1.29, 1.82) is 0 Å². The second kappa shape index (κ2) is 7.54. The molecule has 1 aromatic rings. The van der Waals surface area contributed by atoms with E-state index < -0.39 is 0 Å². The van der Waals surface area contributed by atoms with Crippen LogP contribution in [0.3, 0.4) is 0 Å². The van der Waals surface area contributed by atoms with Crippen LogP contribution in [0.25, 0.3) is 0 Å². The number of methoxy groups -OCH3 is 2. The Morgan fingerprint density at radius 1 is 1.12 bits per heavy atom. The van der Waals surface area contributed by atoms with E-state index in [1.54, 1.807) is 26.0 Å². The molecule has 0 saturated carbocycles. The van der Waals surface area contributed by atoms with Crippen LogP contribution in [-0.4, -0.2) is 32.9 Å². The third-order valence-electron chi connectivity index (χ3n) is 2.05. The smallest absolute Gasteiger partial charge is 0.166 e. The van der Waals surface area contributed by atoms with E-state index in [2.05, 4.69) is 0 Å². The zero-order valence-corrected chi connectivity index (χ0v) is 10.8. The molecule has 4 heteroatoms. The Hall–Kier alpha value is -0.710. The largest absolute Gasteiger partial charge is 0.494 e. The molecule has 0 aliphatic rings. The zero-order chi connectivity index (χ0) is 11.8. The molecule has 0 saturated heterocycles. The van der Waals surface area contributed by atoms with Gasteiger partial charge in [0.15, 0.2) is 6.29 Å². The molecule has 0 aliphatic carbocycles. The molecule has 0 aromatic heterocycles. The van der Waals surface area contributed by atoms with Crippen molar-refractivity contribution in [3.63, 3.8) is 0 Å². The van der Waals surface area contributed by atoms with Gasteiger partial charge in [-0.1, -0.05) is 0 Å². The summed E-state index contributed by atoms with van der Waals surface area (Å²) in [5.41, 5.74) is 0. The maximum atomic E-state index is 5.37. The lowest BCUT2D eigenvalue weighted by Gasteiger charge is -2.12. The molecule has 0 aliphatic heterocycles. The number of hydrogen-bond donors (Lipinski definition) is 0. The third kappa shape index (κ3) is 4.43. The fraction of sp³-hybridized carbons (Fsp3) is 0.500. The van der Waals surface area contributed by atoms with Gasteiger partial charge in [0.25, 0.3) is 0 Å². The molecule has 0 atom stereocenters. The molecule has 0 bridgehead atoms. The van der Waals surface area contributed by atoms with E-state index >= 15 is 0 Å². The van der Waals surface area contributed by atoms with Gasteiger partial charge in [-0.25, -0.2) is 0 Å². The molecule has 0 amide bonds. The standard InChI is InChI=1S/C12H18O3S/c1-4-15-10-5-7-11(8-6-10)16-9-12(13-2)14-3/h5-8,12H,4,9H2,1-3H3. The van der Waals surface area contributed by atoms with Crippen LogP contribution < -0.4 is 4.74 Å². The summed E-state index contributed by atoms with van der Waals surface area (Å²) in [5.74, 6) is 1.68. The van der Waals surface area contributed by atoms with Crippen LogP contribution in [0.5, 0.6) is 5.75 Å². The highest BCUT2D eigenvalue weighted by Crippen LogP contribution is 2.22. The normalized spacial score (nSPS) is 10.8. The van der Waals surface area contributed by atoms with Crippen LogP contribution in [0.15, 0.2) is 29.2 Å². The fourth-order valence-corrected chi connectivity index (χ4v) is 2.12. The van der Waals surface area contributed by atoms with Crippen LogP contribution in [0.2, 0.25) is 0 Å². The van der Waals surface area contributed by atoms with Gasteiger partial charge in [-0.05, 0) is 31.2 Å². The van der Waals surface area contributed by atoms with Gasteiger partial charge in [0.05, 0.1) is 6.61 Å². The molecule has 0 radical (unpaired) electrons. The maximum absolute atomic E-state index is 5.37. The first-order chi connectivity index (χ1) is 7.80. The van der Waals surface area contributed by atoms with Gasteiger partial charge in [-0.2, -0.15) is 0 Å². The van der Waals surface area contributed by atoms with Crippen molar-refractivity contribution in [2.24, 2.45) is 0 Å². The summed E-state index contributed by atoms with van der Waals surface area (Å²) in [4.78, 5) is 1.18. The van der Waals surface area contributed by atoms with Crippen molar-refractivity contribution >= 4 is 11.8 Å². The minimum Gasteiger partial charge on any atom is -0.494 e. The Kier molecular flexibility index (Phi) is 6.30. The molecule has 0 fully saturated rings. The van der Waals surface area contributed by atoms with Gasteiger partial charge in [0.2, 0.25) is 0 Å². The highest BCUT2D eigenvalue weighted by Gasteiger charge is 2.05. The van der Waals surface area contributed by atoms with E-state index in [0.717, 1.165) is 11.5 Å². The summed E-state index contributed by atoms with van der Waals surface area (Å²) < 4.78 is 15.6. The van der Waals surface area contributed by atoms with Crippen molar-refractivity contribution in [3.8, 4) is 5.75 Å². The predicted molar refractivity (Wildman–Crippen MR) is 66.1 cm³/mol. The average Bonchev–Trinajstić information content (AvgIpc) is 2.33. The van der Waals surface area contributed by atoms with Gasteiger partial charge in [0, 0.05) is 24.9 Å². The van der Waals surface area contributed by atoms with E-state index in [4.69, 9.17) is 14.2 Å². The van der Waals surface area contributed by atoms with Gasteiger partial charge < -0.3 is 14.2 Å². The maximum Gasteiger partial charge on any atom is 0.166 e. The van der Waals surface area contributed by atoms with Crippen molar-refractivity contribution in [2.75, 3.05) is 26.6 Å². The number of thioether (sulfide) groups is 1. The topological polar surface area (TPSA) is 27.7 Å². The van der Waals surface area contributed by atoms with Gasteiger partial charge in [-0.15, -0.1) is 11.8 Å². The molecule has 3 nitrogen and oxygen atoms in total. The van der Waals surface area contributed by atoms with Crippen molar-refractivity contribution in [3.05, 3.63) is 24.3 Å². The Balaban J connectivity index is 2.42. The van der Waals surface area contributed by atoms with E-state index in [-0.39, 0.29) is 6.29 Å². The number of benzene rings is 1. The predicted octanol–water partition coefficient (Wildman–Crippen LogP) is 2.80. The molecule has 90 valence electrons. The minimum absolute atomic E-state index is 0.156. The SMILES string of the molecule is CCOc1ccc(SCC(OC)OC)cc1. The molecule has 1 rings (SSSR count). The molecule has 0 spiro atoms. The first kappa shape index (κ1) is 13.4. The van der Waals surface area contributed by atoms with Gasteiger partial charge in [0.1, 0.15) is 5.75 Å². The summed E-state index contributed by atoms with van der Waals surface area (Å²) in [6, 6.07) is 8.02. The molecule has 16 heavy (non-hydrogen) atoms. The first-order valence-corrected chi connectivity index (χ1v) is 6.20. The first-order valence-electron chi connectivity index (χ1n) is 5.21. The lowest BCUT2D eigenvalue weighted by Crippen LogP contribution is -2.15. The summed E-state index contributed by atoms with van der Waals surface area (Å²) in [6.07, 6.45) is -0.156. The van der Waals surface area contributed by atoms with Crippen LogP contribution in [0, 0.1) is 0 Å². The van der Waals surface area contributed by atoms with E-state index in [0.29, 0.717) is 6.61 Å². The summed E-state index contributed by atoms with van der Waals surface area (Å²) in [6.45, 7) is 2.67. The minimum atomic E-state index is -0.156. The Morgan fingerprint density at radius 2 is 1.75 bits per heavy atom. The summed E-state index contributed by atoms with van der Waals surface area (Å²) in [7, 11) is 3.29. The second-order valence-corrected chi connectivity index (χ2v) is 4.21. The lowest BCUT2D eigenvalue weighted by atomic mass is 10.3. The molecule has 1 aromatic carbocycles. The van der Waals surface area contributed by atoms with Crippen molar-refractivity contribution < 1.29 is 14.2 Å². The monoisotopic (exact) mass is 242 g/mol. The van der Waals surface area contributed by atoms with Crippen molar-refractivity contribution in [2.45, 2.75) is 18.1 Å². The average molecular weight is 242 g/mol. The highest BCUT2D eigenvalue weighted by atomic mass is 32.2. The lowest BCUT2D eigenvalue weighted by molar-refractivity contribution is -0.0842. The quantitative estimate of drug-likeness (QED) is 0.543. The van der Waals surface area contributed by atoms with Crippen LogP contribution in [0.1, 0.15) is 6.92 Å². The zero-order valence-electron chi connectivity index (χ0n) is 9.93. The Labute approximate surface area is 101 Å². The van der Waals surface area contributed by atoms with E-state index in [9.17, 15) is 0 Å². The van der Waals surface area contributed by atoms with Crippen LogP contribution in [0.4, 0.5) is 0 Å². The van der Waals surface area contributed by atoms with E-state index in [1.165, 1.54) is 4.90 Å². The molecular weight excluding hydrogens is 224 g/mol. The Bertz CT molecular complexity index is 283. The summed E-state index contributed by atoms with van der Waals surface area (Å²) >= 11 is 1.70.